The van der Waals surface area contributed by atoms with Crippen LogP contribution in [-0.4, -0.2) is 29.9 Å². The van der Waals surface area contributed by atoms with E-state index < -0.39 is 6.04 Å². The molecule has 0 radical (unpaired) electrons. The molecular formula is C17H29N3O. The Kier molecular flexibility index (Phi) is 7.40. The van der Waals surface area contributed by atoms with Crippen LogP contribution in [0, 0.1) is 0 Å². The van der Waals surface area contributed by atoms with E-state index in [1.165, 1.54) is 5.56 Å². The van der Waals surface area contributed by atoms with Gasteiger partial charge in [-0.2, -0.15) is 0 Å². The Morgan fingerprint density at radius 1 is 1.33 bits per heavy atom. The third kappa shape index (κ3) is 6.27. The molecule has 0 spiro atoms. The van der Waals surface area contributed by atoms with Crippen molar-refractivity contribution in [1.29, 1.82) is 0 Å². The minimum atomic E-state index is -0.398. The molecule has 1 amide bonds. The molecule has 0 aliphatic carbocycles. The number of amides is 1. The van der Waals surface area contributed by atoms with E-state index in [1.54, 1.807) is 0 Å². The first-order chi connectivity index (χ1) is 9.93. The minimum absolute atomic E-state index is 0.0680. The zero-order valence-corrected chi connectivity index (χ0v) is 13.7. The fourth-order valence-corrected chi connectivity index (χ4v) is 2.07. The van der Waals surface area contributed by atoms with Crippen LogP contribution in [-0.2, 0) is 17.9 Å². The maximum atomic E-state index is 11.8. The van der Waals surface area contributed by atoms with Crippen LogP contribution in [0.5, 0.6) is 0 Å². The smallest absolute Gasteiger partial charge is 0.237 e. The van der Waals surface area contributed by atoms with Crippen molar-refractivity contribution < 1.29 is 4.79 Å². The normalized spacial score (nSPS) is 12.7. The summed E-state index contributed by atoms with van der Waals surface area (Å²) >= 11 is 0. The lowest BCUT2D eigenvalue weighted by Gasteiger charge is -2.21. The lowest BCUT2D eigenvalue weighted by atomic mass is 10.1. The van der Waals surface area contributed by atoms with E-state index in [1.807, 2.05) is 19.1 Å². The van der Waals surface area contributed by atoms with Crippen molar-refractivity contribution in [1.82, 2.24) is 10.2 Å². The van der Waals surface area contributed by atoms with Gasteiger partial charge in [0.1, 0.15) is 0 Å². The molecule has 0 aliphatic heterocycles. The Morgan fingerprint density at radius 2 is 2.00 bits per heavy atom. The van der Waals surface area contributed by atoms with Crippen molar-refractivity contribution >= 4 is 5.91 Å². The molecule has 1 atom stereocenters. The molecule has 4 heteroatoms. The van der Waals surface area contributed by atoms with Crippen LogP contribution in [0.4, 0.5) is 0 Å². The van der Waals surface area contributed by atoms with Crippen LogP contribution in [0.2, 0.25) is 0 Å². The molecule has 0 bridgehead atoms. The summed E-state index contributed by atoms with van der Waals surface area (Å²) in [5.41, 5.74) is 8.17. The first-order valence-electron chi connectivity index (χ1n) is 7.75. The highest BCUT2D eigenvalue weighted by Crippen LogP contribution is 2.09. The molecule has 118 valence electrons. The largest absolute Gasteiger partial charge is 0.351 e. The first-order valence-corrected chi connectivity index (χ1v) is 7.75. The Balaban J connectivity index is 2.55. The minimum Gasteiger partial charge on any atom is -0.351 e. The van der Waals surface area contributed by atoms with Gasteiger partial charge < -0.3 is 11.1 Å². The van der Waals surface area contributed by atoms with Crippen molar-refractivity contribution in [3.8, 4) is 0 Å². The summed E-state index contributed by atoms with van der Waals surface area (Å²) in [6, 6.07) is 8.45. The van der Waals surface area contributed by atoms with Gasteiger partial charge in [-0.25, -0.2) is 0 Å². The van der Waals surface area contributed by atoms with Gasteiger partial charge in [0.05, 0.1) is 6.04 Å². The zero-order valence-electron chi connectivity index (χ0n) is 13.7. The highest BCUT2D eigenvalue weighted by Gasteiger charge is 2.11. The summed E-state index contributed by atoms with van der Waals surface area (Å²) in [5.74, 6) is -0.0680. The molecule has 0 fully saturated rings. The fraction of sp³-hybridized carbons (Fsp3) is 0.588. The molecule has 0 saturated heterocycles. The number of carbonyl (C=O) groups is 1. The number of nitrogens with zero attached hydrogens (tertiary/aromatic N) is 1. The number of hydrogen-bond acceptors (Lipinski definition) is 3. The standard InChI is InChI=1S/C17H29N3O/c1-5-7-16(18)17(21)19-11-14-8-6-9-15(10-14)12-20(4)13(2)3/h6,8-10,13,16H,5,7,11-12,18H2,1-4H3,(H,19,21). The summed E-state index contributed by atoms with van der Waals surface area (Å²) in [5, 5.41) is 2.91. The number of nitrogens with one attached hydrogen (secondary N) is 1. The van der Waals surface area contributed by atoms with Gasteiger partial charge in [-0.15, -0.1) is 0 Å². The van der Waals surface area contributed by atoms with E-state index in [-0.39, 0.29) is 5.91 Å². The first kappa shape index (κ1) is 17.7. The predicted octanol–water partition coefficient (Wildman–Crippen LogP) is 2.27. The van der Waals surface area contributed by atoms with Crippen molar-refractivity contribution in [2.45, 2.75) is 58.8 Å². The Labute approximate surface area is 128 Å². The number of benzene rings is 1. The second kappa shape index (κ2) is 8.80. The number of carbonyl (C=O) groups excluding carboxylic acids is 1. The lowest BCUT2D eigenvalue weighted by Crippen LogP contribution is -2.40. The van der Waals surface area contributed by atoms with E-state index in [4.69, 9.17) is 5.73 Å². The van der Waals surface area contributed by atoms with Gasteiger partial charge in [-0.3, -0.25) is 9.69 Å². The van der Waals surface area contributed by atoms with Crippen molar-refractivity contribution in [3.63, 3.8) is 0 Å². The third-order valence-electron chi connectivity index (χ3n) is 3.71. The molecule has 0 heterocycles. The van der Waals surface area contributed by atoms with E-state index in [0.717, 1.165) is 24.9 Å². The second-order valence-corrected chi connectivity index (χ2v) is 5.94. The van der Waals surface area contributed by atoms with Crippen molar-refractivity contribution in [3.05, 3.63) is 35.4 Å². The second-order valence-electron chi connectivity index (χ2n) is 5.94. The molecule has 1 rings (SSSR count). The predicted molar refractivity (Wildman–Crippen MR) is 87.8 cm³/mol. The highest BCUT2D eigenvalue weighted by atomic mass is 16.2. The quantitative estimate of drug-likeness (QED) is 0.772. The van der Waals surface area contributed by atoms with Gasteiger partial charge in [0.25, 0.3) is 0 Å². The molecule has 0 aliphatic rings. The summed E-state index contributed by atoms with van der Waals surface area (Å²) in [4.78, 5) is 14.1. The molecule has 21 heavy (non-hydrogen) atoms. The van der Waals surface area contributed by atoms with Crippen LogP contribution >= 0.6 is 0 Å². The van der Waals surface area contributed by atoms with E-state index in [0.29, 0.717) is 12.6 Å². The van der Waals surface area contributed by atoms with Crippen LogP contribution in [0.3, 0.4) is 0 Å². The SMILES string of the molecule is CCCC(N)C(=O)NCc1cccc(CN(C)C(C)C)c1. The van der Waals surface area contributed by atoms with Gasteiger partial charge in [-0.05, 0) is 38.4 Å². The fourth-order valence-electron chi connectivity index (χ4n) is 2.07. The van der Waals surface area contributed by atoms with Crippen molar-refractivity contribution in [2.24, 2.45) is 5.73 Å². The third-order valence-corrected chi connectivity index (χ3v) is 3.71. The molecular weight excluding hydrogens is 262 g/mol. The van der Waals surface area contributed by atoms with E-state index in [9.17, 15) is 4.79 Å². The molecule has 1 aromatic carbocycles. The molecule has 0 saturated carbocycles. The summed E-state index contributed by atoms with van der Waals surface area (Å²) < 4.78 is 0. The monoisotopic (exact) mass is 291 g/mol. The van der Waals surface area contributed by atoms with Gasteiger partial charge in [0.2, 0.25) is 5.91 Å². The van der Waals surface area contributed by atoms with Crippen LogP contribution < -0.4 is 11.1 Å². The van der Waals surface area contributed by atoms with Gasteiger partial charge >= 0.3 is 0 Å². The molecule has 4 nitrogen and oxygen atoms in total. The van der Waals surface area contributed by atoms with E-state index in [2.05, 4.69) is 43.2 Å². The average Bonchev–Trinajstić information content (AvgIpc) is 2.45. The molecule has 1 aromatic rings. The maximum absolute atomic E-state index is 11.8. The Morgan fingerprint density at radius 3 is 2.62 bits per heavy atom. The van der Waals surface area contributed by atoms with Crippen LogP contribution in [0.15, 0.2) is 24.3 Å². The molecule has 3 N–H and O–H groups in total. The van der Waals surface area contributed by atoms with Crippen LogP contribution in [0.25, 0.3) is 0 Å². The van der Waals surface area contributed by atoms with Gasteiger partial charge in [-0.1, -0.05) is 37.6 Å². The van der Waals surface area contributed by atoms with Gasteiger partial charge in [0.15, 0.2) is 0 Å². The Bertz CT molecular complexity index is 445. The number of hydrogen-bond donors (Lipinski definition) is 2. The molecule has 0 aromatic heterocycles. The number of rotatable bonds is 8. The number of nitrogens with two attached hydrogens (primary N) is 1. The summed E-state index contributed by atoms with van der Waals surface area (Å²) in [7, 11) is 2.11. The lowest BCUT2D eigenvalue weighted by molar-refractivity contribution is -0.122. The molecule has 1 unspecified atom stereocenters. The summed E-state index contributed by atoms with van der Waals surface area (Å²) in [6.45, 7) is 7.84. The van der Waals surface area contributed by atoms with Gasteiger partial charge in [0, 0.05) is 19.1 Å². The summed E-state index contributed by atoms with van der Waals surface area (Å²) in [6.07, 6.45) is 1.65. The maximum Gasteiger partial charge on any atom is 0.237 e. The van der Waals surface area contributed by atoms with E-state index >= 15 is 0 Å². The van der Waals surface area contributed by atoms with Crippen LogP contribution in [0.1, 0.15) is 44.7 Å². The Hall–Kier alpha value is -1.39. The topological polar surface area (TPSA) is 58.4 Å². The highest BCUT2D eigenvalue weighted by molar-refractivity contribution is 5.81. The zero-order chi connectivity index (χ0) is 15.8. The average molecular weight is 291 g/mol. The van der Waals surface area contributed by atoms with Crippen molar-refractivity contribution in [2.75, 3.05) is 7.05 Å².